The highest BCUT2D eigenvalue weighted by Gasteiger charge is 2.22. The highest BCUT2D eigenvalue weighted by Crippen LogP contribution is 2.28. The summed E-state index contributed by atoms with van der Waals surface area (Å²) in [6.45, 7) is 1.91. The van der Waals surface area contributed by atoms with Gasteiger partial charge in [0.1, 0.15) is 11.5 Å². The summed E-state index contributed by atoms with van der Waals surface area (Å²) < 4.78 is 16.2. The van der Waals surface area contributed by atoms with Crippen LogP contribution in [0, 0.1) is 12.7 Å². The zero-order valence-electron chi connectivity index (χ0n) is 14.1. The Labute approximate surface area is 149 Å². The van der Waals surface area contributed by atoms with Crippen molar-refractivity contribution in [1.29, 1.82) is 0 Å². The van der Waals surface area contributed by atoms with Gasteiger partial charge < -0.3 is 5.32 Å². The van der Waals surface area contributed by atoms with E-state index in [1.165, 1.54) is 6.07 Å². The van der Waals surface area contributed by atoms with E-state index >= 15 is 0 Å². The summed E-state index contributed by atoms with van der Waals surface area (Å²) in [5.41, 5.74) is 3.18. The van der Waals surface area contributed by atoms with Crippen molar-refractivity contribution in [2.24, 2.45) is 0 Å². The lowest BCUT2D eigenvalue weighted by atomic mass is 10.1. The molecule has 0 spiro atoms. The van der Waals surface area contributed by atoms with Crippen LogP contribution >= 0.6 is 0 Å². The van der Waals surface area contributed by atoms with Crippen LogP contribution in [0.2, 0.25) is 0 Å². The Hall–Kier alpha value is -3.47. The zero-order chi connectivity index (χ0) is 18.1. The van der Waals surface area contributed by atoms with E-state index in [1.807, 2.05) is 43.3 Å². The van der Waals surface area contributed by atoms with Gasteiger partial charge in [0.2, 0.25) is 0 Å². The van der Waals surface area contributed by atoms with E-state index in [1.54, 1.807) is 34.9 Å². The first-order valence-electron chi connectivity index (χ1n) is 8.24. The van der Waals surface area contributed by atoms with Gasteiger partial charge in [-0.05, 0) is 42.8 Å². The molecule has 0 aliphatic carbocycles. The molecule has 4 nitrogen and oxygen atoms in total. The van der Waals surface area contributed by atoms with Crippen LogP contribution in [-0.4, -0.2) is 15.3 Å². The van der Waals surface area contributed by atoms with Crippen LogP contribution in [0.15, 0.2) is 72.9 Å². The molecular weight excluding hydrogens is 329 g/mol. The Morgan fingerprint density at radius 2 is 1.73 bits per heavy atom. The average Bonchev–Trinajstić information content (AvgIpc) is 3.03. The van der Waals surface area contributed by atoms with Gasteiger partial charge in [-0.1, -0.05) is 36.4 Å². The number of fused-ring (bicyclic) bond motifs is 1. The number of hydrogen-bond donors (Lipinski definition) is 1. The molecule has 0 fully saturated rings. The van der Waals surface area contributed by atoms with Crippen LogP contribution < -0.4 is 5.32 Å². The molecule has 1 N–H and O–H groups in total. The maximum Gasteiger partial charge on any atom is 0.276 e. The van der Waals surface area contributed by atoms with Gasteiger partial charge in [0, 0.05) is 17.4 Å². The predicted octanol–water partition coefficient (Wildman–Crippen LogP) is 4.70. The molecule has 0 aliphatic heterocycles. The molecule has 0 unspecified atom stereocenters. The number of para-hydroxylation sites is 1. The number of nitrogens with one attached hydrogen (secondary N) is 1. The van der Waals surface area contributed by atoms with Crippen molar-refractivity contribution in [2.45, 2.75) is 6.92 Å². The fourth-order valence-corrected chi connectivity index (χ4v) is 2.96. The lowest BCUT2D eigenvalue weighted by molar-refractivity contribution is 0.102. The molecule has 2 heterocycles. The fraction of sp³-hybridized carbons (Fsp3) is 0.0476. The van der Waals surface area contributed by atoms with E-state index in [-0.39, 0.29) is 11.6 Å². The molecule has 5 heteroatoms. The van der Waals surface area contributed by atoms with Gasteiger partial charge in [-0.2, -0.15) is 0 Å². The number of anilines is 1. The molecule has 0 aliphatic rings. The Morgan fingerprint density at radius 1 is 1.00 bits per heavy atom. The second-order valence-electron chi connectivity index (χ2n) is 5.99. The Kier molecular flexibility index (Phi) is 3.97. The summed E-state index contributed by atoms with van der Waals surface area (Å²) in [5.74, 6) is -0.774. The largest absolute Gasteiger partial charge is 0.320 e. The van der Waals surface area contributed by atoms with Gasteiger partial charge in [0.15, 0.2) is 5.69 Å². The van der Waals surface area contributed by atoms with Crippen molar-refractivity contribution < 1.29 is 9.18 Å². The number of hydrogen-bond acceptors (Lipinski definition) is 2. The fourth-order valence-electron chi connectivity index (χ4n) is 2.96. The third kappa shape index (κ3) is 2.73. The van der Waals surface area contributed by atoms with Gasteiger partial charge in [-0.15, -0.1) is 0 Å². The summed E-state index contributed by atoms with van der Waals surface area (Å²) in [5, 5.41) is 2.88. The van der Waals surface area contributed by atoms with E-state index in [2.05, 4.69) is 10.3 Å². The monoisotopic (exact) mass is 345 g/mol. The molecule has 0 bridgehead atoms. The molecule has 0 saturated carbocycles. The van der Waals surface area contributed by atoms with E-state index in [9.17, 15) is 9.18 Å². The molecule has 128 valence electrons. The molecule has 26 heavy (non-hydrogen) atoms. The van der Waals surface area contributed by atoms with Crippen molar-refractivity contribution in [3.8, 4) is 11.3 Å². The van der Waals surface area contributed by atoms with Crippen LogP contribution in [-0.2, 0) is 0 Å². The number of benzene rings is 2. The van der Waals surface area contributed by atoms with E-state index in [0.29, 0.717) is 22.6 Å². The first-order valence-corrected chi connectivity index (χ1v) is 8.24. The second-order valence-corrected chi connectivity index (χ2v) is 5.99. The van der Waals surface area contributed by atoms with Crippen molar-refractivity contribution >= 4 is 17.2 Å². The van der Waals surface area contributed by atoms with Gasteiger partial charge >= 0.3 is 0 Å². The lowest BCUT2D eigenvalue weighted by Gasteiger charge is -2.09. The second kappa shape index (κ2) is 6.44. The first kappa shape index (κ1) is 16.0. The summed E-state index contributed by atoms with van der Waals surface area (Å²) >= 11 is 0. The number of aryl methyl sites for hydroxylation is 1. The minimum Gasteiger partial charge on any atom is -0.320 e. The molecule has 0 atom stereocenters. The quantitative estimate of drug-likeness (QED) is 0.585. The van der Waals surface area contributed by atoms with Crippen LogP contribution in [0.25, 0.3) is 16.9 Å². The van der Waals surface area contributed by atoms with Gasteiger partial charge in [-0.3, -0.25) is 9.20 Å². The number of carbonyl (C=O) groups is 1. The Bertz CT molecular complexity index is 1120. The van der Waals surface area contributed by atoms with Crippen molar-refractivity contribution in [1.82, 2.24) is 9.38 Å². The molecule has 1 amide bonds. The minimum absolute atomic E-state index is 0.185. The number of rotatable bonds is 3. The number of aromatic nitrogens is 2. The Balaban J connectivity index is 1.87. The number of imidazole rings is 1. The molecule has 2 aromatic heterocycles. The molecule has 2 aromatic carbocycles. The number of nitrogens with zero attached hydrogens (tertiary/aromatic N) is 2. The van der Waals surface area contributed by atoms with E-state index in [0.717, 1.165) is 5.56 Å². The third-order valence-electron chi connectivity index (χ3n) is 4.27. The number of carbonyl (C=O) groups excluding carboxylic acids is 1. The number of halogens is 1. The molecule has 0 saturated heterocycles. The lowest BCUT2D eigenvalue weighted by Crippen LogP contribution is -2.14. The standard InChI is InChI=1S/C21H16FN3O/c1-14-8-2-5-11-17(14)23-21(26)19-20(15-9-3-4-10-16(15)22)25-13-7-6-12-18(25)24-19/h2-13H,1H3,(H,23,26). The Morgan fingerprint density at radius 3 is 2.54 bits per heavy atom. The van der Waals surface area contributed by atoms with Crippen LogP contribution in [0.4, 0.5) is 10.1 Å². The topological polar surface area (TPSA) is 46.4 Å². The molecule has 4 aromatic rings. The van der Waals surface area contributed by atoms with E-state index in [4.69, 9.17) is 0 Å². The maximum absolute atomic E-state index is 14.4. The highest BCUT2D eigenvalue weighted by atomic mass is 19.1. The van der Waals surface area contributed by atoms with Gasteiger partial charge in [0.25, 0.3) is 5.91 Å². The summed E-state index contributed by atoms with van der Waals surface area (Å²) in [4.78, 5) is 17.4. The summed E-state index contributed by atoms with van der Waals surface area (Å²) in [6, 6.07) is 19.3. The number of pyridine rings is 1. The van der Waals surface area contributed by atoms with Crippen molar-refractivity contribution in [3.05, 3.63) is 90.0 Å². The van der Waals surface area contributed by atoms with Crippen molar-refractivity contribution in [3.63, 3.8) is 0 Å². The molecular formula is C21H16FN3O. The number of amides is 1. The normalized spacial score (nSPS) is 10.8. The highest BCUT2D eigenvalue weighted by molar-refractivity contribution is 6.07. The summed E-state index contributed by atoms with van der Waals surface area (Å²) in [7, 11) is 0. The molecule has 4 rings (SSSR count). The summed E-state index contributed by atoms with van der Waals surface area (Å²) in [6.07, 6.45) is 1.77. The molecule has 0 radical (unpaired) electrons. The van der Waals surface area contributed by atoms with Crippen LogP contribution in [0.1, 0.15) is 16.1 Å². The minimum atomic E-state index is -0.400. The van der Waals surface area contributed by atoms with E-state index < -0.39 is 5.82 Å². The first-order chi connectivity index (χ1) is 12.6. The average molecular weight is 345 g/mol. The zero-order valence-corrected chi connectivity index (χ0v) is 14.1. The predicted molar refractivity (Wildman–Crippen MR) is 99.7 cm³/mol. The van der Waals surface area contributed by atoms with Crippen LogP contribution in [0.3, 0.4) is 0 Å². The maximum atomic E-state index is 14.4. The third-order valence-corrected chi connectivity index (χ3v) is 4.27. The van der Waals surface area contributed by atoms with Gasteiger partial charge in [-0.25, -0.2) is 9.37 Å². The smallest absolute Gasteiger partial charge is 0.276 e. The van der Waals surface area contributed by atoms with Crippen LogP contribution in [0.5, 0.6) is 0 Å². The van der Waals surface area contributed by atoms with Crippen molar-refractivity contribution in [2.75, 3.05) is 5.32 Å². The van der Waals surface area contributed by atoms with Gasteiger partial charge in [0.05, 0.1) is 5.69 Å². The SMILES string of the molecule is Cc1ccccc1NC(=O)c1nc2ccccn2c1-c1ccccc1F.